The molecule has 0 unspecified atom stereocenters. The molecule has 4 aromatic rings. The summed E-state index contributed by atoms with van der Waals surface area (Å²) < 4.78 is 35.8. The smallest absolute Gasteiger partial charge is 0.251 e. The molecule has 0 radical (unpaired) electrons. The zero-order chi connectivity index (χ0) is 24.6. The maximum absolute atomic E-state index is 13.1. The first-order valence-electron chi connectivity index (χ1n) is 11.7. The van der Waals surface area contributed by atoms with Gasteiger partial charge in [0.2, 0.25) is 10.0 Å². The first-order valence-corrected chi connectivity index (χ1v) is 13.9. The van der Waals surface area contributed by atoms with Crippen LogP contribution in [0.4, 0.5) is 0 Å². The summed E-state index contributed by atoms with van der Waals surface area (Å²) in [6, 6.07) is 18.8. The third-order valence-electron chi connectivity index (χ3n) is 6.60. The van der Waals surface area contributed by atoms with E-state index in [-0.39, 0.29) is 16.7 Å². The van der Waals surface area contributed by atoms with Gasteiger partial charge in [0, 0.05) is 30.9 Å². The van der Waals surface area contributed by atoms with Crippen LogP contribution < -0.4 is 9.54 Å². The Hall–Kier alpha value is -3.01. The number of amides is 1. The standard InChI is InChI=1S/C26H27N3O4S2/c1-3-29-23-13-8-18-6-4-5-7-22(18)24(23)34-26(29)27-25(30)19-14-16-28(17-15-19)35(31,32)21-11-9-20(33-2)10-12-21/h4-13,19H,3,14-17H2,1-2H3. The van der Waals surface area contributed by atoms with Gasteiger partial charge in [-0.3, -0.25) is 4.79 Å². The molecule has 0 atom stereocenters. The molecule has 0 spiro atoms. The lowest BCUT2D eigenvalue weighted by Crippen LogP contribution is -2.40. The van der Waals surface area contributed by atoms with E-state index in [1.165, 1.54) is 15.6 Å². The van der Waals surface area contributed by atoms with Gasteiger partial charge in [-0.05, 0) is 55.5 Å². The van der Waals surface area contributed by atoms with Crippen LogP contribution in [0.3, 0.4) is 0 Å². The summed E-state index contributed by atoms with van der Waals surface area (Å²) in [7, 11) is -2.07. The molecule has 35 heavy (non-hydrogen) atoms. The Morgan fingerprint density at radius 2 is 1.77 bits per heavy atom. The molecule has 3 aromatic carbocycles. The highest BCUT2D eigenvalue weighted by atomic mass is 32.2. The summed E-state index contributed by atoms with van der Waals surface area (Å²) in [4.78, 5) is 18.6. The van der Waals surface area contributed by atoms with Gasteiger partial charge in [-0.2, -0.15) is 9.30 Å². The van der Waals surface area contributed by atoms with E-state index in [1.54, 1.807) is 31.4 Å². The number of aryl methyl sites for hydroxylation is 1. The van der Waals surface area contributed by atoms with Gasteiger partial charge in [-0.25, -0.2) is 8.42 Å². The van der Waals surface area contributed by atoms with Crippen molar-refractivity contribution in [3.63, 3.8) is 0 Å². The van der Waals surface area contributed by atoms with Crippen molar-refractivity contribution < 1.29 is 17.9 Å². The van der Waals surface area contributed by atoms with Crippen molar-refractivity contribution in [1.82, 2.24) is 8.87 Å². The van der Waals surface area contributed by atoms with Gasteiger partial charge in [0.1, 0.15) is 5.75 Å². The fourth-order valence-corrected chi connectivity index (χ4v) is 7.32. The zero-order valence-corrected chi connectivity index (χ0v) is 21.3. The molecular formula is C26H27N3O4S2. The number of methoxy groups -OCH3 is 1. The van der Waals surface area contributed by atoms with E-state index in [2.05, 4.69) is 33.8 Å². The van der Waals surface area contributed by atoms with Gasteiger partial charge < -0.3 is 9.30 Å². The molecule has 1 aliphatic rings. The van der Waals surface area contributed by atoms with Crippen molar-refractivity contribution in [2.75, 3.05) is 20.2 Å². The van der Waals surface area contributed by atoms with Gasteiger partial charge in [0.15, 0.2) is 4.80 Å². The highest BCUT2D eigenvalue weighted by Gasteiger charge is 2.32. The van der Waals surface area contributed by atoms with Crippen molar-refractivity contribution in [3.05, 3.63) is 65.5 Å². The topological polar surface area (TPSA) is 81.0 Å². The maximum Gasteiger partial charge on any atom is 0.251 e. The lowest BCUT2D eigenvalue weighted by Gasteiger charge is -2.29. The zero-order valence-electron chi connectivity index (χ0n) is 19.7. The van der Waals surface area contributed by atoms with Crippen LogP contribution in [0.25, 0.3) is 21.0 Å². The minimum absolute atomic E-state index is 0.176. The van der Waals surface area contributed by atoms with Gasteiger partial charge >= 0.3 is 0 Å². The Labute approximate surface area is 208 Å². The summed E-state index contributed by atoms with van der Waals surface area (Å²) in [6.45, 7) is 3.35. The van der Waals surface area contributed by atoms with E-state index in [0.29, 0.717) is 43.0 Å². The van der Waals surface area contributed by atoms with Gasteiger partial charge in [-0.1, -0.05) is 41.7 Å². The number of piperidine rings is 1. The number of ether oxygens (including phenoxy) is 1. The first kappa shape index (κ1) is 23.7. The lowest BCUT2D eigenvalue weighted by molar-refractivity contribution is -0.122. The summed E-state index contributed by atoms with van der Waals surface area (Å²) in [5.41, 5.74) is 1.07. The second-order valence-electron chi connectivity index (χ2n) is 8.57. The van der Waals surface area contributed by atoms with Crippen LogP contribution in [0.5, 0.6) is 5.75 Å². The Morgan fingerprint density at radius 3 is 2.46 bits per heavy atom. The van der Waals surface area contributed by atoms with Crippen LogP contribution in [0.2, 0.25) is 0 Å². The molecular weight excluding hydrogens is 482 g/mol. The quantitative estimate of drug-likeness (QED) is 0.399. The minimum Gasteiger partial charge on any atom is -0.497 e. The van der Waals surface area contributed by atoms with Crippen LogP contribution in [0.15, 0.2) is 70.6 Å². The maximum atomic E-state index is 13.1. The number of thiazole rings is 1. The molecule has 7 nitrogen and oxygen atoms in total. The minimum atomic E-state index is -3.61. The fraction of sp³-hybridized carbons (Fsp3) is 0.308. The number of fused-ring (bicyclic) bond motifs is 3. The molecule has 2 heterocycles. The number of hydrogen-bond acceptors (Lipinski definition) is 5. The van der Waals surface area contributed by atoms with Gasteiger partial charge in [-0.15, -0.1) is 0 Å². The Kier molecular flexibility index (Phi) is 6.48. The Balaban J connectivity index is 1.37. The van der Waals surface area contributed by atoms with Crippen molar-refractivity contribution >= 4 is 48.3 Å². The lowest BCUT2D eigenvalue weighted by atomic mass is 9.98. The molecule has 182 valence electrons. The van der Waals surface area contributed by atoms with E-state index < -0.39 is 10.0 Å². The Morgan fingerprint density at radius 1 is 1.06 bits per heavy atom. The van der Waals surface area contributed by atoms with Crippen LogP contribution in [-0.2, 0) is 21.4 Å². The average Bonchev–Trinajstić information content (AvgIpc) is 3.26. The van der Waals surface area contributed by atoms with Crippen LogP contribution in [0.1, 0.15) is 19.8 Å². The summed E-state index contributed by atoms with van der Waals surface area (Å²) >= 11 is 1.53. The van der Waals surface area contributed by atoms with Gasteiger partial charge in [0.05, 0.1) is 22.2 Å². The third-order valence-corrected chi connectivity index (χ3v) is 9.64. The molecule has 1 amide bonds. The van der Waals surface area contributed by atoms with Crippen LogP contribution in [0, 0.1) is 5.92 Å². The fourth-order valence-electron chi connectivity index (χ4n) is 4.61. The van der Waals surface area contributed by atoms with Crippen LogP contribution in [-0.4, -0.2) is 43.4 Å². The second kappa shape index (κ2) is 9.56. The number of rotatable bonds is 5. The van der Waals surface area contributed by atoms with E-state index >= 15 is 0 Å². The summed E-state index contributed by atoms with van der Waals surface area (Å²) in [5.74, 6) is 0.141. The van der Waals surface area contributed by atoms with Crippen molar-refractivity contribution in [2.45, 2.75) is 31.2 Å². The normalized spacial score (nSPS) is 16.2. The summed E-state index contributed by atoms with van der Waals surface area (Å²) in [5, 5.41) is 2.32. The molecule has 1 saturated heterocycles. The number of carbonyl (C=O) groups is 1. The number of sulfonamides is 1. The molecule has 1 fully saturated rings. The molecule has 1 aliphatic heterocycles. The molecule has 9 heteroatoms. The SMILES string of the molecule is CCn1c(=NC(=O)C2CCN(S(=O)(=O)c3ccc(OC)cc3)CC2)sc2c3ccccc3ccc21. The Bertz CT molecular complexity index is 1560. The third kappa shape index (κ3) is 4.39. The molecule has 1 aromatic heterocycles. The predicted octanol–water partition coefficient (Wildman–Crippen LogP) is 4.41. The van der Waals surface area contributed by atoms with Crippen molar-refractivity contribution in [3.8, 4) is 5.75 Å². The predicted molar refractivity (Wildman–Crippen MR) is 138 cm³/mol. The van der Waals surface area contributed by atoms with Gasteiger partial charge in [0.25, 0.3) is 5.91 Å². The molecule has 0 bridgehead atoms. The van der Waals surface area contributed by atoms with E-state index in [9.17, 15) is 13.2 Å². The van der Waals surface area contributed by atoms with Crippen molar-refractivity contribution in [1.29, 1.82) is 0 Å². The second-order valence-corrected chi connectivity index (χ2v) is 11.5. The largest absolute Gasteiger partial charge is 0.497 e. The number of benzene rings is 3. The molecule has 0 saturated carbocycles. The molecule has 0 aliphatic carbocycles. The highest BCUT2D eigenvalue weighted by Crippen LogP contribution is 2.29. The van der Waals surface area contributed by atoms with Crippen molar-refractivity contribution in [2.24, 2.45) is 10.9 Å². The van der Waals surface area contributed by atoms with Crippen LogP contribution >= 0.6 is 11.3 Å². The first-order chi connectivity index (χ1) is 16.9. The molecule has 0 N–H and O–H groups in total. The number of hydrogen-bond donors (Lipinski definition) is 0. The van der Waals surface area contributed by atoms with E-state index in [0.717, 1.165) is 21.0 Å². The summed E-state index contributed by atoms with van der Waals surface area (Å²) in [6.07, 6.45) is 0.912. The molecule has 5 rings (SSSR count). The number of carbonyl (C=O) groups excluding carboxylic acids is 1. The van der Waals surface area contributed by atoms with E-state index in [1.807, 2.05) is 19.1 Å². The monoisotopic (exact) mass is 509 g/mol. The van der Waals surface area contributed by atoms with E-state index in [4.69, 9.17) is 4.74 Å². The average molecular weight is 510 g/mol. The number of nitrogens with zero attached hydrogens (tertiary/aromatic N) is 3. The highest BCUT2D eigenvalue weighted by molar-refractivity contribution is 7.89. The number of aromatic nitrogens is 1.